The Labute approximate surface area is 110 Å². The zero-order valence-corrected chi connectivity index (χ0v) is 12.4. The lowest BCUT2D eigenvalue weighted by Gasteiger charge is -2.35. The smallest absolute Gasteiger partial charge is 0.0934 e. The van der Waals surface area contributed by atoms with Crippen molar-refractivity contribution >= 4 is 27.3 Å². The summed E-state index contributed by atoms with van der Waals surface area (Å²) in [6.45, 7) is 4.11. The molecule has 1 N–H and O–H groups in total. The lowest BCUT2D eigenvalue weighted by atomic mass is 9.88. The number of thiophene rings is 1. The average molecular weight is 307 g/mol. The molecular weight excluding hydrogens is 288 g/mol. The molecule has 0 bridgehead atoms. The van der Waals surface area contributed by atoms with Gasteiger partial charge in [-0.1, -0.05) is 13.8 Å². The molecule has 0 radical (unpaired) electrons. The van der Waals surface area contributed by atoms with Crippen LogP contribution in [0.1, 0.15) is 31.6 Å². The number of ether oxygens (including phenoxy) is 1. The van der Waals surface area contributed by atoms with E-state index in [2.05, 4.69) is 29.8 Å². The number of rotatable bonds is 6. The molecule has 0 aliphatic heterocycles. The van der Waals surface area contributed by atoms with Gasteiger partial charge in [0.05, 0.1) is 11.7 Å². The molecule has 4 heteroatoms. The number of halogens is 1. The maximum atomic E-state index is 10.3. The van der Waals surface area contributed by atoms with Crippen LogP contribution in [0.3, 0.4) is 0 Å². The Hall–Kier alpha value is 0.100. The number of aliphatic hydroxyl groups is 1. The summed E-state index contributed by atoms with van der Waals surface area (Å²) >= 11 is 5.15. The van der Waals surface area contributed by atoms with Gasteiger partial charge >= 0.3 is 0 Å². The first kappa shape index (κ1) is 14.2. The fourth-order valence-electron chi connectivity index (χ4n) is 1.98. The summed E-state index contributed by atoms with van der Waals surface area (Å²) in [4.78, 5) is 1.18. The van der Waals surface area contributed by atoms with Crippen LogP contribution >= 0.6 is 27.3 Å². The molecule has 1 unspecified atom stereocenters. The van der Waals surface area contributed by atoms with Gasteiger partial charge in [-0.05, 0) is 40.2 Å². The minimum atomic E-state index is -0.456. The fourth-order valence-corrected chi connectivity index (χ4v) is 3.53. The molecule has 1 rings (SSSR count). The lowest BCUT2D eigenvalue weighted by Crippen LogP contribution is -2.44. The fraction of sp³-hybridized carbons (Fsp3) is 0.667. The molecule has 1 aromatic rings. The van der Waals surface area contributed by atoms with Gasteiger partial charge in [-0.25, -0.2) is 0 Å². The molecule has 0 aliphatic rings. The van der Waals surface area contributed by atoms with E-state index in [4.69, 9.17) is 4.74 Å². The number of hydrogen-bond donors (Lipinski definition) is 1. The summed E-state index contributed by atoms with van der Waals surface area (Å²) in [5, 5.41) is 12.3. The Bertz CT molecular complexity index is 312. The highest BCUT2D eigenvalue weighted by Crippen LogP contribution is 2.30. The molecule has 0 saturated carbocycles. The van der Waals surface area contributed by atoms with Crippen LogP contribution in [0.5, 0.6) is 0 Å². The second-order valence-electron chi connectivity index (χ2n) is 3.89. The molecule has 0 amide bonds. The molecule has 0 aromatic carbocycles. The van der Waals surface area contributed by atoms with Gasteiger partial charge in [-0.2, -0.15) is 0 Å². The first-order valence-electron chi connectivity index (χ1n) is 5.54. The highest BCUT2D eigenvalue weighted by atomic mass is 79.9. The second kappa shape index (κ2) is 6.15. The van der Waals surface area contributed by atoms with Crippen LogP contribution in [0.25, 0.3) is 0 Å². The second-order valence-corrected chi connectivity index (χ2v) is 5.74. The first-order chi connectivity index (χ1) is 7.59. The van der Waals surface area contributed by atoms with Gasteiger partial charge in [0.1, 0.15) is 0 Å². The molecule has 1 heterocycles. The van der Waals surface area contributed by atoms with Crippen molar-refractivity contribution in [3.05, 3.63) is 20.8 Å². The zero-order chi connectivity index (χ0) is 12.2. The molecule has 92 valence electrons. The van der Waals surface area contributed by atoms with Crippen LogP contribution in [0.4, 0.5) is 0 Å². The Morgan fingerprint density at radius 1 is 1.50 bits per heavy atom. The third kappa shape index (κ3) is 2.86. The highest BCUT2D eigenvalue weighted by Gasteiger charge is 2.34. The Kier molecular flexibility index (Phi) is 5.44. The quantitative estimate of drug-likeness (QED) is 0.870. The summed E-state index contributed by atoms with van der Waals surface area (Å²) in [5.41, 5.74) is -0.413. The van der Waals surface area contributed by atoms with E-state index in [1.165, 1.54) is 4.88 Å². The van der Waals surface area contributed by atoms with E-state index >= 15 is 0 Å². The monoisotopic (exact) mass is 306 g/mol. The largest absolute Gasteiger partial charge is 0.390 e. The highest BCUT2D eigenvalue weighted by molar-refractivity contribution is 9.10. The molecule has 1 aromatic heterocycles. The van der Waals surface area contributed by atoms with Gasteiger partial charge in [0.15, 0.2) is 0 Å². The minimum Gasteiger partial charge on any atom is -0.390 e. The average Bonchev–Trinajstić information content (AvgIpc) is 2.68. The van der Waals surface area contributed by atoms with E-state index in [9.17, 15) is 5.11 Å². The van der Waals surface area contributed by atoms with Crippen molar-refractivity contribution in [3.8, 4) is 0 Å². The predicted molar refractivity (Wildman–Crippen MR) is 72.1 cm³/mol. The third-order valence-electron chi connectivity index (χ3n) is 3.28. The van der Waals surface area contributed by atoms with E-state index in [0.29, 0.717) is 6.42 Å². The Morgan fingerprint density at radius 3 is 2.50 bits per heavy atom. The number of methoxy groups -OCH3 is 1. The lowest BCUT2D eigenvalue weighted by molar-refractivity contribution is -0.106. The van der Waals surface area contributed by atoms with Crippen molar-refractivity contribution < 1.29 is 9.84 Å². The van der Waals surface area contributed by atoms with Crippen molar-refractivity contribution in [3.63, 3.8) is 0 Å². The maximum absolute atomic E-state index is 10.3. The summed E-state index contributed by atoms with van der Waals surface area (Å²) in [6, 6.07) is 2.01. The third-order valence-corrected chi connectivity index (χ3v) is 5.23. The number of hydrogen-bond acceptors (Lipinski definition) is 3. The molecule has 2 nitrogen and oxygen atoms in total. The molecule has 16 heavy (non-hydrogen) atoms. The van der Waals surface area contributed by atoms with Crippen LogP contribution in [0.15, 0.2) is 15.9 Å². The Morgan fingerprint density at radius 2 is 2.12 bits per heavy atom. The van der Waals surface area contributed by atoms with Crippen molar-refractivity contribution in [2.24, 2.45) is 0 Å². The van der Waals surface area contributed by atoms with Gasteiger partial charge < -0.3 is 9.84 Å². The summed E-state index contributed by atoms with van der Waals surface area (Å²) in [7, 11) is 1.68. The Balaban J connectivity index is 2.77. The molecule has 0 fully saturated rings. The zero-order valence-electron chi connectivity index (χ0n) is 10.00. The van der Waals surface area contributed by atoms with Gasteiger partial charge in [-0.3, -0.25) is 0 Å². The molecular formula is C12H19BrO2S. The first-order valence-corrected chi connectivity index (χ1v) is 7.22. The molecule has 0 aliphatic carbocycles. The van der Waals surface area contributed by atoms with E-state index in [1.54, 1.807) is 18.4 Å². The molecule has 0 saturated heterocycles. The van der Waals surface area contributed by atoms with Crippen LogP contribution in [0.2, 0.25) is 0 Å². The van der Waals surface area contributed by atoms with E-state index in [1.807, 2.05) is 11.4 Å². The minimum absolute atomic E-state index is 0.413. The number of aliphatic hydroxyl groups excluding tert-OH is 1. The molecule has 1 atom stereocenters. The van der Waals surface area contributed by atoms with Gasteiger partial charge in [0, 0.05) is 22.9 Å². The van der Waals surface area contributed by atoms with Crippen LogP contribution in [0, 0.1) is 0 Å². The van der Waals surface area contributed by atoms with E-state index in [-0.39, 0.29) is 0 Å². The normalized spacial score (nSPS) is 14.1. The van der Waals surface area contributed by atoms with E-state index in [0.717, 1.165) is 17.3 Å². The summed E-state index contributed by atoms with van der Waals surface area (Å²) in [5.74, 6) is 0. The van der Waals surface area contributed by atoms with Gasteiger partial charge in [0.2, 0.25) is 0 Å². The summed E-state index contributed by atoms with van der Waals surface area (Å²) in [6.07, 6.45) is 1.84. The standard InChI is InChI=1S/C12H19BrO2S/c1-4-12(5-2,15-3)11(14)8-10-9(13)6-7-16-10/h6-7,11,14H,4-5,8H2,1-3H3. The van der Waals surface area contributed by atoms with Crippen LogP contribution in [-0.2, 0) is 11.2 Å². The van der Waals surface area contributed by atoms with Crippen molar-refractivity contribution in [2.75, 3.05) is 7.11 Å². The van der Waals surface area contributed by atoms with Crippen molar-refractivity contribution in [1.82, 2.24) is 0 Å². The van der Waals surface area contributed by atoms with Crippen molar-refractivity contribution in [2.45, 2.75) is 44.8 Å². The SMILES string of the molecule is CCC(CC)(OC)C(O)Cc1sccc1Br. The van der Waals surface area contributed by atoms with Gasteiger partial charge in [-0.15, -0.1) is 11.3 Å². The van der Waals surface area contributed by atoms with Crippen LogP contribution in [-0.4, -0.2) is 23.9 Å². The topological polar surface area (TPSA) is 29.5 Å². The molecule has 0 spiro atoms. The van der Waals surface area contributed by atoms with Gasteiger partial charge in [0.25, 0.3) is 0 Å². The van der Waals surface area contributed by atoms with Crippen LogP contribution < -0.4 is 0 Å². The van der Waals surface area contributed by atoms with E-state index < -0.39 is 11.7 Å². The predicted octanol–water partition coefficient (Wildman–Crippen LogP) is 3.62. The van der Waals surface area contributed by atoms with Crippen molar-refractivity contribution in [1.29, 1.82) is 0 Å². The summed E-state index contributed by atoms with van der Waals surface area (Å²) < 4.78 is 6.60. The maximum Gasteiger partial charge on any atom is 0.0934 e.